The summed E-state index contributed by atoms with van der Waals surface area (Å²) in [6, 6.07) is 49.1. The van der Waals surface area contributed by atoms with Crippen molar-refractivity contribution in [3.8, 4) is 22.3 Å². The van der Waals surface area contributed by atoms with Crippen molar-refractivity contribution < 1.29 is 0 Å². The maximum absolute atomic E-state index is 3.87. The lowest BCUT2D eigenvalue weighted by Gasteiger charge is -2.09. The molecule has 7 rings (SSSR count). The van der Waals surface area contributed by atoms with Crippen LogP contribution in [-0.4, -0.2) is 4.98 Å². The number of benzene rings is 6. The Morgan fingerprint density at radius 3 is 1.95 bits per heavy atom. The highest BCUT2D eigenvalue weighted by Gasteiger charge is 2.12. The molecule has 0 spiro atoms. The van der Waals surface area contributed by atoms with E-state index in [0.717, 1.165) is 0 Å². The number of nitrogens with one attached hydrogen (secondary N) is 1. The molecule has 1 nitrogen and oxygen atoms in total. The fraction of sp³-hybridized carbons (Fsp3) is 0.0476. The van der Waals surface area contributed by atoms with E-state index >= 15 is 0 Å². The van der Waals surface area contributed by atoms with Gasteiger partial charge in [0.25, 0.3) is 0 Å². The summed E-state index contributed by atoms with van der Waals surface area (Å²) in [6.07, 6.45) is 6.28. The molecule has 6 aromatic carbocycles. The standard InChI is InChI=1S/C26H23N.C16H12/c1-4-18(2)19(3)14-15-21-16-17-23-22-12-8-9-13-24(22)27-26(23)25(21)20-10-6-5-7-11-20;1-2-6-13(7-3-1)16-11-10-14-8-4-5-9-15(14)12-16/h4-17,27H,1H2,2-3H3;1-12H/b15-14-,19-18-;. The predicted molar refractivity (Wildman–Crippen MR) is 188 cm³/mol. The summed E-state index contributed by atoms with van der Waals surface area (Å²) in [4.78, 5) is 3.64. The van der Waals surface area contributed by atoms with Crippen LogP contribution >= 0.6 is 0 Å². The van der Waals surface area contributed by atoms with Gasteiger partial charge in [-0.3, -0.25) is 0 Å². The minimum Gasteiger partial charge on any atom is -0.354 e. The molecule has 1 heteroatoms. The molecule has 208 valence electrons. The summed E-state index contributed by atoms with van der Waals surface area (Å²) < 4.78 is 0. The van der Waals surface area contributed by atoms with Crippen molar-refractivity contribution in [3.05, 3.63) is 175 Å². The number of para-hydroxylation sites is 1. The SMILES string of the molecule is C=C/C(C)=C(C)\C=C/c1ccc2c([nH]c3ccccc32)c1-c1ccccc1.c1ccc(-c2ccc3ccccc3c2)cc1. The average Bonchev–Trinajstić information content (AvgIpc) is 3.46. The zero-order valence-electron chi connectivity index (χ0n) is 24.7. The molecule has 1 heterocycles. The third-order valence-electron chi connectivity index (χ3n) is 8.07. The Hall–Kier alpha value is -5.40. The molecule has 1 N–H and O–H groups in total. The van der Waals surface area contributed by atoms with Gasteiger partial charge < -0.3 is 4.98 Å². The van der Waals surface area contributed by atoms with Crippen molar-refractivity contribution in [2.24, 2.45) is 0 Å². The predicted octanol–water partition coefficient (Wildman–Crippen LogP) is 12.0. The van der Waals surface area contributed by atoms with E-state index < -0.39 is 0 Å². The zero-order valence-corrected chi connectivity index (χ0v) is 24.7. The maximum Gasteiger partial charge on any atom is 0.0550 e. The molecule has 0 saturated carbocycles. The monoisotopic (exact) mass is 553 g/mol. The van der Waals surface area contributed by atoms with E-state index in [0.29, 0.717) is 0 Å². The number of aromatic nitrogens is 1. The van der Waals surface area contributed by atoms with E-state index in [9.17, 15) is 0 Å². The van der Waals surface area contributed by atoms with Crippen LogP contribution in [0, 0.1) is 0 Å². The van der Waals surface area contributed by atoms with Gasteiger partial charge in [0, 0.05) is 21.9 Å². The van der Waals surface area contributed by atoms with Crippen molar-refractivity contribution in [2.45, 2.75) is 13.8 Å². The fourth-order valence-electron chi connectivity index (χ4n) is 5.50. The highest BCUT2D eigenvalue weighted by molar-refractivity contribution is 6.13. The Morgan fingerprint density at radius 1 is 0.558 bits per heavy atom. The molecule has 0 radical (unpaired) electrons. The minimum absolute atomic E-state index is 1.17. The van der Waals surface area contributed by atoms with E-state index in [-0.39, 0.29) is 0 Å². The lowest BCUT2D eigenvalue weighted by atomic mass is 9.95. The molecule has 0 unspecified atom stereocenters. The third kappa shape index (κ3) is 5.98. The van der Waals surface area contributed by atoms with Crippen LogP contribution in [0.4, 0.5) is 0 Å². The normalized spacial score (nSPS) is 11.9. The highest BCUT2D eigenvalue weighted by Crippen LogP contribution is 2.36. The highest BCUT2D eigenvalue weighted by atomic mass is 14.7. The number of allylic oxidation sites excluding steroid dienone is 4. The molecular weight excluding hydrogens is 518 g/mol. The number of rotatable bonds is 5. The second kappa shape index (κ2) is 12.6. The van der Waals surface area contributed by atoms with E-state index in [1.165, 1.54) is 71.5 Å². The van der Waals surface area contributed by atoms with Gasteiger partial charge in [-0.2, -0.15) is 0 Å². The zero-order chi connectivity index (χ0) is 29.6. The Balaban J connectivity index is 0.000000174. The van der Waals surface area contributed by atoms with Crippen LogP contribution in [0.5, 0.6) is 0 Å². The fourth-order valence-corrected chi connectivity index (χ4v) is 5.50. The lowest BCUT2D eigenvalue weighted by Crippen LogP contribution is -1.86. The number of hydrogen-bond acceptors (Lipinski definition) is 0. The molecule has 0 aliphatic heterocycles. The minimum atomic E-state index is 1.17. The van der Waals surface area contributed by atoms with Gasteiger partial charge in [0.05, 0.1) is 5.52 Å². The summed E-state index contributed by atoms with van der Waals surface area (Å²) in [5, 5.41) is 5.11. The quantitative estimate of drug-likeness (QED) is 0.204. The number of fused-ring (bicyclic) bond motifs is 4. The van der Waals surface area contributed by atoms with E-state index in [2.05, 4.69) is 171 Å². The summed E-state index contributed by atoms with van der Waals surface area (Å²) in [5.74, 6) is 0. The Labute approximate surface area is 254 Å². The lowest BCUT2D eigenvalue weighted by molar-refractivity contribution is 1.38. The Morgan fingerprint density at radius 2 is 1.21 bits per heavy atom. The van der Waals surface area contributed by atoms with E-state index in [1.807, 2.05) is 12.1 Å². The van der Waals surface area contributed by atoms with Crippen molar-refractivity contribution in [1.82, 2.24) is 4.98 Å². The molecule has 0 fully saturated rings. The molecule has 0 aliphatic carbocycles. The number of H-pyrrole nitrogens is 1. The third-order valence-corrected chi connectivity index (χ3v) is 8.07. The maximum atomic E-state index is 3.87. The summed E-state index contributed by atoms with van der Waals surface area (Å²) >= 11 is 0. The van der Waals surface area contributed by atoms with E-state index in [4.69, 9.17) is 0 Å². The molecule has 0 atom stereocenters. The summed E-state index contributed by atoms with van der Waals surface area (Å²) in [6.45, 7) is 8.08. The first-order valence-electron chi connectivity index (χ1n) is 14.7. The second-order valence-electron chi connectivity index (χ2n) is 10.8. The molecule has 0 aliphatic rings. The van der Waals surface area contributed by atoms with Gasteiger partial charge in [0.2, 0.25) is 0 Å². The smallest absolute Gasteiger partial charge is 0.0550 e. The van der Waals surface area contributed by atoms with Gasteiger partial charge in [-0.1, -0.05) is 152 Å². The molecule has 0 bridgehead atoms. The van der Waals surface area contributed by atoms with Gasteiger partial charge in [0.1, 0.15) is 0 Å². The van der Waals surface area contributed by atoms with Crippen LogP contribution in [0.25, 0.3) is 60.9 Å². The van der Waals surface area contributed by atoms with Crippen LogP contribution in [-0.2, 0) is 0 Å². The molecule has 7 aromatic rings. The Kier molecular flexibility index (Phi) is 8.15. The van der Waals surface area contributed by atoms with Gasteiger partial charge in [0.15, 0.2) is 0 Å². The van der Waals surface area contributed by atoms with Crippen LogP contribution < -0.4 is 0 Å². The van der Waals surface area contributed by atoms with Crippen LogP contribution in [0.3, 0.4) is 0 Å². The van der Waals surface area contributed by atoms with Gasteiger partial charge in [-0.05, 0) is 70.2 Å². The van der Waals surface area contributed by atoms with Crippen LogP contribution in [0.1, 0.15) is 19.4 Å². The second-order valence-corrected chi connectivity index (χ2v) is 10.8. The summed E-state index contributed by atoms with van der Waals surface area (Å²) in [5.41, 5.74) is 11.0. The van der Waals surface area contributed by atoms with Crippen LogP contribution in [0.2, 0.25) is 0 Å². The van der Waals surface area contributed by atoms with Crippen molar-refractivity contribution in [3.63, 3.8) is 0 Å². The molecular formula is C42H35N. The Bertz CT molecular complexity index is 2090. The number of hydrogen-bond donors (Lipinski definition) is 1. The number of aromatic amines is 1. The topological polar surface area (TPSA) is 15.8 Å². The van der Waals surface area contributed by atoms with Crippen LogP contribution in [0.15, 0.2) is 169 Å². The summed E-state index contributed by atoms with van der Waals surface area (Å²) in [7, 11) is 0. The molecule has 43 heavy (non-hydrogen) atoms. The first-order valence-corrected chi connectivity index (χ1v) is 14.7. The van der Waals surface area contributed by atoms with Crippen molar-refractivity contribution >= 4 is 38.7 Å². The van der Waals surface area contributed by atoms with Gasteiger partial charge in [-0.15, -0.1) is 0 Å². The first kappa shape index (κ1) is 27.8. The van der Waals surface area contributed by atoms with E-state index in [1.54, 1.807) is 0 Å². The van der Waals surface area contributed by atoms with Crippen molar-refractivity contribution in [1.29, 1.82) is 0 Å². The molecule has 0 saturated heterocycles. The average molecular weight is 554 g/mol. The largest absolute Gasteiger partial charge is 0.354 e. The molecule has 1 aromatic heterocycles. The first-order chi connectivity index (χ1) is 21.1. The van der Waals surface area contributed by atoms with Gasteiger partial charge in [-0.25, -0.2) is 0 Å². The van der Waals surface area contributed by atoms with Crippen molar-refractivity contribution in [2.75, 3.05) is 0 Å². The molecule has 0 amide bonds. The van der Waals surface area contributed by atoms with Gasteiger partial charge >= 0.3 is 0 Å².